The molecule has 0 unspecified atom stereocenters. The third kappa shape index (κ3) is 4.29. The third-order valence-electron chi connectivity index (χ3n) is 3.74. The number of hydrogen-bond donors (Lipinski definition) is 0. The summed E-state index contributed by atoms with van der Waals surface area (Å²) in [5, 5.41) is 12.0. The molecule has 0 radical (unpaired) electrons. The maximum Gasteiger partial charge on any atom is 0.277 e. The molecular formula is C20H15N3O4S. The molecule has 8 heteroatoms. The molecule has 0 aliphatic heterocycles. The van der Waals surface area contributed by atoms with Gasteiger partial charge in [-0.1, -0.05) is 35.1 Å². The predicted molar refractivity (Wildman–Crippen MR) is 103 cm³/mol. The number of ketones is 1. The van der Waals surface area contributed by atoms with Gasteiger partial charge in [-0.15, -0.1) is 10.2 Å². The van der Waals surface area contributed by atoms with E-state index in [1.807, 2.05) is 30.3 Å². The fraction of sp³-hybridized carbons (Fsp3) is 0.100. The van der Waals surface area contributed by atoms with Gasteiger partial charge < -0.3 is 13.7 Å². The quantitative estimate of drug-likeness (QED) is 0.327. The highest BCUT2D eigenvalue weighted by molar-refractivity contribution is 7.99. The van der Waals surface area contributed by atoms with Gasteiger partial charge in [0.05, 0.1) is 5.75 Å². The zero-order valence-corrected chi connectivity index (χ0v) is 15.7. The van der Waals surface area contributed by atoms with Gasteiger partial charge >= 0.3 is 0 Å². The minimum absolute atomic E-state index is 0.0479. The van der Waals surface area contributed by atoms with Crippen molar-refractivity contribution >= 4 is 17.5 Å². The number of rotatable bonds is 7. The molecule has 4 rings (SSSR count). The summed E-state index contributed by atoms with van der Waals surface area (Å²) >= 11 is 1.17. The lowest BCUT2D eigenvalue weighted by molar-refractivity contribution is 0.102. The van der Waals surface area contributed by atoms with Gasteiger partial charge in [0.1, 0.15) is 17.3 Å². The van der Waals surface area contributed by atoms with Crippen LogP contribution in [-0.4, -0.2) is 26.9 Å². The Morgan fingerprint density at radius 2 is 1.79 bits per heavy atom. The summed E-state index contributed by atoms with van der Waals surface area (Å²) in [5.74, 6) is 2.45. The van der Waals surface area contributed by atoms with Crippen LogP contribution in [0.5, 0.6) is 11.5 Å². The van der Waals surface area contributed by atoms with Crippen molar-refractivity contribution in [3.8, 4) is 23.1 Å². The number of thioether (sulfide) groups is 1. The number of aryl methyl sites for hydroxylation is 1. The molecule has 0 spiro atoms. The van der Waals surface area contributed by atoms with Crippen molar-refractivity contribution in [3.05, 3.63) is 72.0 Å². The number of para-hydroxylation sites is 1. The Kier molecular flexibility index (Phi) is 5.20. The van der Waals surface area contributed by atoms with E-state index in [4.69, 9.17) is 13.7 Å². The molecule has 2 aromatic heterocycles. The molecule has 140 valence electrons. The second-order valence-electron chi connectivity index (χ2n) is 5.85. The fourth-order valence-corrected chi connectivity index (χ4v) is 3.04. The van der Waals surface area contributed by atoms with Crippen LogP contribution in [0.2, 0.25) is 0 Å². The monoisotopic (exact) mass is 393 g/mol. The molecule has 0 atom stereocenters. The first kappa shape index (κ1) is 18.0. The summed E-state index contributed by atoms with van der Waals surface area (Å²) in [4.78, 5) is 12.4. The Balaban J connectivity index is 1.34. The van der Waals surface area contributed by atoms with Crippen molar-refractivity contribution in [1.29, 1.82) is 0 Å². The van der Waals surface area contributed by atoms with E-state index in [-0.39, 0.29) is 17.4 Å². The molecule has 2 heterocycles. The van der Waals surface area contributed by atoms with Crippen LogP contribution >= 0.6 is 11.8 Å². The first-order chi connectivity index (χ1) is 13.7. The van der Waals surface area contributed by atoms with E-state index in [1.54, 1.807) is 37.3 Å². The summed E-state index contributed by atoms with van der Waals surface area (Å²) in [6.45, 7) is 1.78. The zero-order chi connectivity index (χ0) is 19.3. The number of aromatic nitrogens is 3. The van der Waals surface area contributed by atoms with Gasteiger partial charge in [-0.2, -0.15) is 0 Å². The Morgan fingerprint density at radius 1 is 1.04 bits per heavy atom. The van der Waals surface area contributed by atoms with Gasteiger partial charge in [0, 0.05) is 11.6 Å². The first-order valence-electron chi connectivity index (χ1n) is 8.43. The highest BCUT2D eigenvalue weighted by Crippen LogP contribution is 2.25. The van der Waals surface area contributed by atoms with Crippen LogP contribution < -0.4 is 4.74 Å². The maximum absolute atomic E-state index is 12.4. The van der Waals surface area contributed by atoms with E-state index in [1.165, 1.54) is 11.8 Å². The number of Topliss-reactive ketones (excluding diaryl/α,β-unsaturated/α-hetero) is 1. The van der Waals surface area contributed by atoms with E-state index in [2.05, 4.69) is 15.4 Å². The highest BCUT2D eigenvalue weighted by Gasteiger charge is 2.15. The molecular weight excluding hydrogens is 378 g/mol. The molecule has 0 N–H and O–H groups in total. The fourth-order valence-electron chi connectivity index (χ4n) is 2.38. The molecule has 0 aliphatic rings. The number of carbonyl (C=O) groups excluding carboxylic acids is 1. The Labute approximate surface area is 164 Å². The summed E-state index contributed by atoms with van der Waals surface area (Å²) < 4.78 is 16.2. The van der Waals surface area contributed by atoms with E-state index < -0.39 is 0 Å². The summed E-state index contributed by atoms with van der Waals surface area (Å²) in [5.41, 5.74) is 1.05. The summed E-state index contributed by atoms with van der Waals surface area (Å²) in [6, 6.07) is 18.2. The van der Waals surface area contributed by atoms with Gasteiger partial charge in [-0.25, -0.2) is 0 Å². The lowest BCUT2D eigenvalue weighted by atomic mass is 10.1. The van der Waals surface area contributed by atoms with E-state index in [0.717, 1.165) is 5.75 Å². The van der Waals surface area contributed by atoms with Gasteiger partial charge in [0.15, 0.2) is 11.5 Å². The van der Waals surface area contributed by atoms with Gasteiger partial charge in [-0.05, 0) is 43.3 Å². The van der Waals surface area contributed by atoms with Crippen molar-refractivity contribution in [2.45, 2.75) is 12.1 Å². The molecule has 0 bridgehead atoms. The second kappa shape index (κ2) is 8.10. The lowest BCUT2D eigenvalue weighted by Gasteiger charge is -2.06. The summed E-state index contributed by atoms with van der Waals surface area (Å²) in [7, 11) is 0. The number of ether oxygens (including phenoxy) is 1. The minimum atomic E-state index is -0.0479. The Bertz CT molecular complexity index is 1070. The minimum Gasteiger partial charge on any atom is -0.457 e. The molecule has 28 heavy (non-hydrogen) atoms. The van der Waals surface area contributed by atoms with Crippen LogP contribution in [-0.2, 0) is 0 Å². The first-order valence-corrected chi connectivity index (χ1v) is 9.42. The molecule has 4 aromatic rings. The molecule has 0 saturated carbocycles. The van der Waals surface area contributed by atoms with E-state index in [9.17, 15) is 4.79 Å². The highest BCUT2D eigenvalue weighted by atomic mass is 32.2. The van der Waals surface area contributed by atoms with Crippen molar-refractivity contribution in [3.63, 3.8) is 0 Å². The van der Waals surface area contributed by atoms with Crippen LogP contribution in [0.1, 0.15) is 16.1 Å². The van der Waals surface area contributed by atoms with Crippen LogP contribution in [0, 0.1) is 6.92 Å². The standard InChI is InChI=1S/C20H15N3O4S/c1-13-11-17(23-27-13)19-21-22-20(26-19)28-12-18(24)14-7-9-16(10-8-14)25-15-5-3-2-4-6-15/h2-11H,12H2,1H3. The number of hydrogen-bond acceptors (Lipinski definition) is 8. The topological polar surface area (TPSA) is 91.2 Å². The Hall–Kier alpha value is -3.39. The van der Waals surface area contributed by atoms with E-state index >= 15 is 0 Å². The molecule has 0 fully saturated rings. The smallest absolute Gasteiger partial charge is 0.277 e. The van der Waals surface area contributed by atoms with Gasteiger partial charge in [0.25, 0.3) is 11.1 Å². The van der Waals surface area contributed by atoms with Gasteiger partial charge in [0.2, 0.25) is 0 Å². The average molecular weight is 393 g/mol. The summed E-state index contributed by atoms with van der Waals surface area (Å²) in [6.07, 6.45) is 0. The Morgan fingerprint density at radius 3 is 2.50 bits per heavy atom. The average Bonchev–Trinajstić information content (AvgIpc) is 3.36. The predicted octanol–water partition coefficient (Wildman–Crippen LogP) is 4.80. The van der Waals surface area contributed by atoms with Crippen molar-refractivity contribution in [2.24, 2.45) is 0 Å². The van der Waals surface area contributed by atoms with Crippen LogP contribution in [0.25, 0.3) is 11.6 Å². The van der Waals surface area contributed by atoms with Gasteiger partial charge in [-0.3, -0.25) is 4.79 Å². The molecule has 7 nitrogen and oxygen atoms in total. The zero-order valence-electron chi connectivity index (χ0n) is 14.9. The third-order valence-corrected chi connectivity index (χ3v) is 4.55. The molecule has 0 saturated heterocycles. The van der Waals surface area contributed by atoms with E-state index in [0.29, 0.717) is 28.0 Å². The van der Waals surface area contributed by atoms with Crippen molar-refractivity contribution < 1.29 is 18.5 Å². The van der Waals surface area contributed by atoms with Crippen LogP contribution in [0.3, 0.4) is 0 Å². The number of nitrogens with zero attached hydrogens (tertiary/aromatic N) is 3. The second-order valence-corrected chi connectivity index (χ2v) is 6.77. The molecule has 0 aliphatic carbocycles. The largest absolute Gasteiger partial charge is 0.457 e. The normalized spacial score (nSPS) is 10.8. The van der Waals surface area contributed by atoms with Crippen LogP contribution in [0.4, 0.5) is 0 Å². The van der Waals surface area contributed by atoms with Crippen molar-refractivity contribution in [2.75, 3.05) is 5.75 Å². The number of benzene rings is 2. The maximum atomic E-state index is 12.4. The van der Waals surface area contributed by atoms with Crippen molar-refractivity contribution in [1.82, 2.24) is 15.4 Å². The van der Waals surface area contributed by atoms with Crippen LogP contribution in [0.15, 0.2) is 74.8 Å². The number of carbonyl (C=O) groups is 1. The molecule has 0 amide bonds. The molecule has 2 aromatic carbocycles. The lowest BCUT2D eigenvalue weighted by Crippen LogP contribution is -2.02. The SMILES string of the molecule is Cc1cc(-c2nnc(SCC(=O)c3ccc(Oc4ccccc4)cc3)o2)no1.